The molecule has 0 unspecified atom stereocenters. The third-order valence-corrected chi connectivity index (χ3v) is 10.8. The number of ether oxygens (including phenoxy) is 1. The summed E-state index contributed by atoms with van der Waals surface area (Å²) >= 11 is 0. The fourth-order valence-electron chi connectivity index (χ4n) is 6.78. The monoisotopic (exact) mass is 753 g/mol. The molecule has 54 heavy (non-hydrogen) atoms. The topological polar surface area (TPSA) is 149 Å². The molecule has 6 rings (SSSR count). The molecule has 2 fully saturated rings. The number of fused-ring (bicyclic) bond motifs is 1. The molecular weight excluding hydrogens is 711 g/mol. The Morgan fingerprint density at radius 3 is 2.37 bits per heavy atom. The molecule has 0 saturated carbocycles. The standard InChI is InChI=1S/C40H43N5O8S/c1-4-21-43-26-38(47)44-35(22-29-15-17-32(46)18-16-29)39(48)42(25-37(44)45(43)40(49)41-23-30-9-6-5-7-10-30)24-31-11-8-12-36(52-3)34(31)27-53-54(50,51)33-19-13-28(2)14-20-33/h4-20,35,37,46H,1,21-27H2,2-3H3,(H,41,49)/t35-,37-/m0/s1. The quantitative estimate of drug-likeness (QED) is 0.150. The van der Waals surface area contributed by atoms with Crippen LogP contribution in [0.4, 0.5) is 4.79 Å². The largest absolute Gasteiger partial charge is 0.508 e. The lowest BCUT2D eigenvalue weighted by Gasteiger charge is -2.55. The van der Waals surface area contributed by atoms with Crippen molar-refractivity contribution in [2.24, 2.45) is 0 Å². The number of hydrogen-bond donors (Lipinski definition) is 2. The maximum atomic E-state index is 14.6. The molecule has 0 radical (unpaired) electrons. The van der Waals surface area contributed by atoms with Crippen LogP contribution < -0.4 is 10.1 Å². The number of piperazine rings is 1. The molecule has 0 aliphatic carbocycles. The fraction of sp³-hybridized carbons (Fsp3) is 0.275. The first-order valence-electron chi connectivity index (χ1n) is 17.4. The van der Waals surface area contributed by atoms with Crippen molar-refractivity contribution in [3.63, 3.8) is 0 Å². The predicted octanol–water partition coefficient (Wildman–Crippen LogP) is 4.35. The van der Waals surface area contributed by atoms with Crippen molar-refractivity contribution in [3.05, 3.63) is 138 Å². The average molecular weight is 754 g/mol. The molecule has 4 aromatic carbocycles. The summed E-state index contributed by atoms with van der Waals surface area (Å²) in [5.74, 6) is -0.273. The predicted molar refractivity (Wildman–Crippen MR) is 200 cm³/mol. The number of carbonyl (C=O) groups is 3. The van der Waals surface area contributed by atoms with Gasteiger partial charge in [-0.15, -0.1) is 6.58 Å². The molecule has 2 atom stereocenters. The minimum atomic E-state index is -4.15. The number of methoxy groups -OCH3 is 1. The lowest BCUT2D eigenvalue weighted by molar-refractivity contribution is -0.189. The highest BCUT2D eigenvalue weighted by Crippen LogP contribution is 2.32. The van der Waals surface area contributed by atoms with Crippen LogP contribution in [0.1, 0.15) is 27.8 Å². The van der Waals surface area contributed by atoms with Crippen LogP contribution in [-0.2, 0) is 50.0 Å². The fourth-order valence-corrected chi connectivity index (χ4v) is 7.66. The van der Waals surface area contributed by atoms with Crippen LogP contribution in [-0.4, -0.2) is 90.1 Å². The van der Waals surface area contributed by atoms with Crippen LogP contribution in [0.25, 0.3) is 0 Å². The van der Waals surface area contributed by atoms with Crippen LogP contribution in [0.15, 0.2) is 115 Å². The molecule has 14 heteroatoms. The average Bonchev–Trinajstić information content (AvgIpc) is 3.16. The number of nitrogens with zero attached hydrogens (tertiary/aromatic N) is 4. The number of benzene rings is 4. The zero-order valence-corrected chi connectivity index (χ0v) is 30.9. The summed E-state index contributed by atoms with van der Waals surface area (Å²) in [5, 5.41) is 16.0. The Balaban J connectivity index is 1.35. The number of hydrogen-bond acceptors (Lipinski definition) is 9. The molecule has 0 aromatic heterocycles. The van der Waals surface area contributed by atoms with Gasteiger partial charge in [-0.25, -0.2) is 14.8 Å². The summed E-state index contributed by atoms with van der Waals surface area (Å²) < 4.78 is 37.5. The molecule has 4 amide bonds. The van der Waals surface area contributed by atoms with E-state index in [2.05, 4.69) is 11.9 Å². The zero-order chi connectivity index (χ0) is 38.4. The first-order chi connectivity index (χ1) is 26.0. The molecule has 0 bridgehead atoms. The van der Waals surface area contributed by atoms with Gasteiger partial charge >= 0.3 is 6.03 Å². The van der Waals surface area contributed by atoms with Crippen molar-refractivity contribution < 1.29 is 36.8 Å². The van der Waals surface area contributed by atoms with Crippen LogP contribution in [0.5, 0.6) is 11.5 Å². The SMILES string of the molecule is C=CCN1CC(=O)N2[C@@H](Cc3ccc(O)cc3)C(=O)N(Cc3cccc(OC)c3COS(=O)(=O)c3ccc(C)cc3)C[C@@H]2N1C(=O)NCc1ccccc1. The smallest absolute Gasteiger partial charge is 0.334 e. The van der Waals surface area contributed by atoms with E-state index in [0.29, 0.717) is 22.4 Å². The van der Waals surface area contributed by atoms with Gasteiger partial charge in [-0.3, -0.25) is 13.8 Å². The molecular formula is C40H43N5O8S. The molecule has 2 saturated heterocycles. The summed E-state index contributed by atoms with van der Waals surface area (Å²) in [6.07, 6.45) is 0.809. The van der Waals surface area contributed by atoms with Gasteiger partial charge in [-0.2, -0.15) is 8.42 Å². The zero-order valence-electron chi connectivity index (χ0n) is 30.1. The number of urea groups is 1. The maximum Gasteiger partial charge on any atom is 0.334 e. The second kappa shape index (κ2) is 16.5. The molecule has 13 nitrogen and oxygen atoms in total. The molecule has 4 aromatic rings. The molecule has 2 aliphatic rings. The van der Waals surface area contributed by atoms with Gasteiger partial charge in [0.15, 0.2) is 0 Å². The van der Waals surface area contributed by atoms with E-state index in [9.17, 15) is 27.9 Å². The van der Waals surface area contributed by atoms with Gasteiger partial charge in [0.25, 0.3) is 10.1 Å². The molecule has 282 valence electrons. The third-order valence-electron chi connectivity index (χ3n) is 9.51. The highest BCUT2D eigenvalue weighted by Gasteiger charge is 2.51. The van der Waals surface area contributed by atoms with Crippen molar-refractivity contribution in [3.8, 4) is 11.5 Å². The van der Waals surface area contributed by atoms with E-state index >= 15 is 0 Å². The van der Waals surface area contributed by atoms with Gasteiger partial charge in [-0.05, 0) is 53.9 Å². The van der Waals surface area contributed by atoms with Gasteiger partial charge < -0.3 is 25.0 Å². The number of carbonyl (C=O) groups excluding carboxylic acids is 3. The summed E-state index contributed by atoms with van der Waals surface area (Å²) in [5.41, 5.74) is 3.46. The Morgan fingerprint density at radius 2 is 1.69 bits per heavy atom. The Hall–Kier alpha value is -5.70. The maximum absolute atomic E-state index is 14.6. The first-order valence-corrected chi connectivity index (χ1v) is 18.9. The van der Waals surface area contributed by atoms with Crippen molar-refractivity contribution in [2.75, 3.05) is 26.7 Å². The van der Waals surface area contributed by atoms with Gasteiger partial charge in [0.1, 0.15) is 23.7 Å². The van der Waals surface area contributed by atoms with Crippen molar-refractivity contribution >= 4 is 28.0 Å². The van der Waals surface area contributed by atoms with E-state index < -0.39 is 28.4 Å². The molecule has 2 aliphatic heterocycles. The second-order valence-corrected chi connectivity index (χ2v) is 14.8. The molecule has 0 spiro atoms. The number of nitrogens with one attached hydrogen (secondary N) is 1. The lowest BCUT2D eigenvalue weighted by Crippen LogP contribution is -2.76. The third kappa shape index (κ3) is 8.41. The van der Waals surface area contributed by atoms with Crippen LogP contribution in [0.2, 0.25) is 0 Å². The number of aryl methyl sites for hydroxylation is 1. The second-order valence-electron chi connectivity index (χ2n) is 13.1. The Morgan fingerprint density at radius 1 is 0.963 bits per heavy atom. The van der Waals surface area contributed by atoms with E-state index in [-0.39, 0.29) is 68.2 Å². The van der Waals surface area contributed by atoms with Crippen LogP contribution in [0.3, 0.4) is 0 Å². The summed E-state index contributed by atoms with van der Waals surface area (Å²) in [7, 11) is -2.69. The summed E-state index contributed by atoms with van der Waals surface area (Å²) in [6.45, 7) is 5.52. The van der Waals surface area contributed by atoms with Gasteiger partial charge in [0, 0.05) is 31.6 Å². The van der Waals surface area contributed by atoms with Crippen molar-refractivity contribution in [1.82, 2.24) is 25.1 Å². The van der Waals surface area contributed by atoms with Crippen LogP contribution >= 0.6 is 0 Å². The number of phenolic OH excluding ortho intramolecular Hbond substituents is 1. The van der Waals surface area contributed by atoms with E-state index in [0.717, 1.165) is 11.1 Å². The van der Waals surface area contributed by atoms with E-state index in [4.69, 9.17) is 8.92 Å². The Bertz CT molecular complexity index is 2100. The Kier molecular flexibility index (Phi) is 11.6. The molecule has 2 heterocycles. The number of amides is 4. The van der Waals surface area contributed by atoms with Gasteiger partial charge in [-0.1, -0.05) is 78.4 Å². The Labute approximate surface area is 315 Å². The highest BCUT2D eigenvalue weighted by atomic mass is 32.2. The van der Waals surface area contributed by atoms with Crippen LogP contribution in [0, 0.1) is 6.92 Å². The normalized spacial score (nSPS) is 17.6. The van der Waals surface area contributed by atoms with E-state index in [1.54, 1.807) is 58.4 Å². The minimum Gasteiger partial charge on any atom is -0.508 e. The number of hydrazine groups is 1. The number of rotatable bonds is 13. The van der Waals surface area contributed by atoms with E-state index in [1.165, 1.54) is 41.3 Å². The highest BCUT2D eigenvalue weighted by molar-refractivity contribution is 7.86. The van der Waals surface area contributed by atoms with E-state index in [1.807, 2.05) is 37.3 Å². The van der Waals surface area contributed by atoms with Gasteiger partial charge in [0.05, 0.1) is 31.7 Å². The summed E-state index contributed by atoms with van der Waals surface area (Å²) in [4.78, 5) is 45.7. The number of aromatic hydroxyl groups is 1. The van der Waals surface area contributed by atoms with Crippen molar-refractivity contribution in [1.29, 1.82) is 0 Å². The minimum absolute atomic E-state index is 0.00426. The summed E-state index contributed by atoms with van der Waals surface area (Å²) in [6, 6.07) is 25.8. The van der Waals surface area contributed by atoms with Gasteiger partial charge in [0.2, 0.25) is 11.8 Å². The van der Waals surface area contributed by atoms with Crippen molar-refractivity contribution in [2.45, 2.75) is 50.1 Å². The molecule has 2 N–H and O–H groups in total. The lowest BCUT2D eigenvalue weighted by atomic mass is 9.97. The number of phenols is 1. The first kappa shape index (κ1) is 38.0.